The highest BCUT2D eigenvalue weighted by Crippen LogP contribution is 2.42. The van der Waals surface area contributed by atoms with Crippen molar-refractivity contribution < 1.29 is 4.42 Å². The van der Waals surface area contributed by atoms with E-state index in [4.69, 9.17) is 4.42 Å². The fourth-order valence-corrected chi connectivity index (χ4v) is 8.49. The van der Waals surface area contributed by atoms with E-state index in [1.54, 1.807) is 0 Å². The summed E-state index contributed by atoms with van der Waals surface area (Å²) in [5.41, 5.74) is 14.7. The van der Waals surface area contributed by atoms with Gasteiger partial charge in [-0.25, -0.2) is 0 Å². The number of aromatic nitrogens is 1. The molecule has 11 rings (SSSR count). The van der Waals surface area contributed by atoms with Crippen LogP contribution in [0.2, 0.25) is 0 Å². The van der Waals surface area contributed by atoms with Gasteiger partial charge >= 0.3 is 0 Å². The highest BCUT2D eigenvalue weighted by atomic mass is 16.3. The summed E-state index contributed by atoms with van der Waals surface area (Å²) in [6.45, 7) is 0. The van der Waals surface area contributed by atoms with Crippen LogP contribution in [0.5, 0.6) is 0 Å². The van der Waals surface area contributed by atoms with Crippen molar-refractivity contribution in [3.63, 3.8) is 0 Å². The molecule has 2 heteroatoms. The summed E-state index contributed by atoms with van der Waals surface area (Å²) in [7, 11) is 0. The van der Waals surface area contributed by atoms with Crippen molar-refractivity contribution in [2.24, 2.45) is 0 Å². The van der Waals surface area contributed by atoms with E-state index in [1.807, 2.05) is 12.1 Å². The van der Waals surface area contributed by atoms with E-state index >= 15 is 0 Å². The van der Waals surface area contributed by atoms with Gasteiger partial charge in [-0.2, -0.15) is 0 Å². The Balaban J connectivity index is 1.18. The quantitative estimate of drug-likeness (QED) is 0.176. The second kappa shape index (κ2) is 12.2. The monoisotopic (exact) mass is 687 g/mol. The number of rotatable bonds is 5. The van der Waals surface area contributed by atoms with Crippen LogP contribution in [0.25, 0.3) is 105 Å². The molecule has 0 saturated carbocycles. The van der Waals surface area contributed by atoms with Crippen molar-refractivity contribution in [3.05, 3.63) is 200 Å². The van der Waals surface area contributed by atoms with Gasteiger partial charge in [-0.05, 0) is 110 Å². The molecule has 0 N–H and O–H groups in total. The third-order valence-corrected chi connectivity index (χ3v) is 11.0. The molecule has 0 aliphatic carbocycles. The minimum absolute atomic E-state index is 0.892. The summed E-state index contributed by atoms with van der Waals surface area (Å²) in [5, 5.41) is 7.21. The SMILES string of the molecule is c1ccc(-c2cccc(-c3cccc4cccc(-c5cc(-c6ccc7c(c6)oc6ccccc67)cc(-n6c7ccccc7c7ccccc76)c5)c34)c2)cc1. The number of nitrogens with zero attached hydrogens (tertiary/aromatic N) is 1. The average molecular weight is 688 g/mol. The maximum atomic E-state index is 6.41. The van der Waals surface area contributed by atoms with Crippen LogP contribution in [-0.2, 0) is 0 Å². The van der Waals surface area contributed by atoms with E-state index in [1.165, 1.54) is 60.4 Å². The fourth-order valence-electron chi connectivity index (χ4n) is 8.49. The highest BCUT2D eigenvalue weighted by Gasteiger charge is 2.17. The smallest absolute Gasteiger partial charge is 0.136 e. The van der Waals surface area contributed by atoms with Crippen LogP contribution in [0.15, 0.2) is 205 Å². The zero-order valence-corrected chi connectivity index (χ0v) is 29.4. The maximum absolute atomic E-state index is 6.41. The lowest BCUT2D eigenvalue weighted by molar-refractivity contribution is 0.669. The van der Waals surface area contributed by atoms with Crippen molar-refractivity contribution in [2.45, 2.75) is 0 Å². The van der Waals surface area contributed by atoms with Crippen molar-refractivity contribution in [3.8, 4) is 50.2 Å². The van der Waals surface area contributed by atoms with Crippen LogP contribution in [0, 0.1) is 0 Å². The third-order valence-electron chi connectivity index (χ3n) is 11.0. The number of hydrogen-bond donors (Lipinski definition) is 0. The molecule has 0 aliphatic rings. The summed E-state index contributed by atoms with van der Waals surface area (Å²) >= 11 is 0. The molecular weight excluding hydrogens is 655 g/mol. The Bertz CT molecular complexity index is 3160. The average Bonchev–Trinajstić information content (AvgIpc) is 3.79. The lowest BCUT2D eigenvalue weighted by Crippen LogP contribution is -1.96. The predicted molar refractivity (Wildman–Crippen MR) is 227 cm³/mol. The first-order chi connectivity index (χ1) is 26.8. The topological polar surface area (TPSA) is 18.1 Å². The van der Waals surface area contributed by atoms with Gasteiger partial charge in [-0.15, -0.1) is 0 Å². The number of benzene rings is 9. The van der Waals surface area contributed by atoms with Gasteiger partial charge in [0.05, 0.1) is 11.0 Å². The summed E-state index contributed by atoms with van der Waals surface area (Å²) in [6, 6.07) is 72.4. The lowest BCUT2D eigenvalue weighted by atomic mass is 9.89. The molecule has 2 nitrogen and oxygen atoms in total. The summed E-state index contributed by atoms with van der Waals surface area (Å²) < 4.78 is 8.83. The highest BCUT2D eigenvalue weighted by molar-refractivity contribution is 6.11. The minimum Gasteiger partial charge on any atom is -0.456 e. The third kappa shape index (κ3) is 4.88. The molecule has 0 radical (unpaired) electrons. The molecule has 0 spiro atoms. The lowest BCUT2D eigenvalue weighted by Gasteiger charge is -2.17. The van der Waals surface area contributed by atoms with Gasteiger partial charge in [0.15, 0.2) is 0 Å². The van der Waals surface area contributed by atoms with Crippen molar-refractivity contribution >= 4 is 54.5 Å². The van der Waals surface area contributed by atoms with Gasteiger partial charge in [0.1, 0.15) is 11.2 Å². The van der Waals surface area contributed by atoms with Crippen LogP contribution in [-0.4, -0.2) is 4.57 Å². The second-order valence-electron chi connectivity index (χ2n) is 14.1. The molecular formula is C52H33NO. The Kier molecular flexibility index (Phi) is 6.90. The molecule has 54 heavy (non-hydrogen) atoms. The van der Waals surface area contributed by atoms with E-state index in [9.17, 15) is 0 Å². The molecule has 0 bridgehead atoms. The molecule has 2 heterocycles. The van der Waals surface area contributed by atoms with Gasteiger partial charge in [-0.3, -0.25) is 0 Å². The molecule has 11 aromatic rings. The summed E-state index contributed by atoms with van der Waals surface area (Å²) in [4.78, 5) is 0. The first kappa shape index (κ1) is 30.5. The van der Waals surface area contributed by atoms with Crippen LogP contribution in [0.1, 0.15) is 0 Å². The Hall–Kier alpha value is -7.16. The standard InChI is InChI=1S/C52H33NO/c1-2-13-34(14-3-1)36-17-10-18-38(29-36)42-22-11-15-35-16-12-23-43(52(35)42)40-30-39(37-27-28-47-46-21-6-9-26-50(46)54-51(47)33-37)31-41(32-40)53-48-24-7-4-19-44(48)45-20-5-8-25-49(45)53/h1-33H. The van der Waals surface area contributed by atoms with E-state index in [-0.39, 0.29) is 0 Å². The molecule has 0 aliphatic heterocycles. The van der Waals surface area contributed by atoms with Crippen LogP contribution < -0.4 is 0 Å². The van der Waals surface area contributed by atoms with Gasteiger partial charge < -0.3 is 8.98 Å². The van der Waals surface area contributed by atoms with E-state index in [0.29, 0.717) is 0 Å². The summed E-state index contributed by atoms with van der Waals surface area (Å²) in [6.07, 6.45) is 0. The van der Waals surface area contributed by atoms with Crippen molar-refractivity contribution in [1.82, 2.24) is 4.57 Å². The van der Waals surface area contributed by atoms with Gasteiger partial charge in [0.2, 0.25) is 0 Å². The number of fused-ring (bicyclic) bond motifs is 7. The van der Waals surface area contributed by atoms with Gasteiger partial charge in [0.25, 0.3) is 0 Å². The molecule has 0 unspecified atom stereocenters. The largest absolute Gasteiger partial charge is 0.456 e. The van der Waals surface area contributed by atoms with Crippen LogP contribution in [0.4, 0.5) is 0 Å². The Morgan fingerprint density at radius 3 is 1.65 bits per heavy atom. The van der Waals surface area contributed by atoms with Gasteiger partial charge in [-0.1, -0.05) is 146 Å². The normalized spacial score (nSPS) is 11.7. The molecule has 0 amide bonds. The van der Waals surface area contributed by atoms with Crippen LogP contribution >= 0.6 is 0 Å². The maximum Gasteiger partial charge on any atom is 0.136 e. The first-order valence-corrected chi connectivity index (χ1v) is 18.5. The van der Waals surface area contributed by atoms with Crippen molar-refractivity contribution in [1.29, 1.82) is 0 Å². The Morgan fingerprint density at radius 2 is 0.870 bits per heavy atom. The molecule has 0 atom stereocenters. The van der Waals surface area contributed by atoms with E-state index in [2.05, 4.69) is 193 Å². The Labute approximate surface area is 312 Å². The fraction of sp³-hybridized carbons (Fsp3) is 0. The first-order valence-electron chi connectivity index (χ1n) is 18.5. The number of hydrogen-bond acceptors (Lipinski definition) is 1. The number of para-hydroxylation sites is 3. The molecule has 252 valence electrons. The molecule has 9 aromatic carbocycles. The molecule has 0 fully saturated rings. The second-order valence-corrected chi connectivity index (χ2v) is 14.1. The zero-order chi connectivity index (χ0) is 35.6. The van der Waals surface area contributed by atoms with E-state index < -0.39 is 0 Å². The van der Waals surface area contributed by atoms with Crippen molar-refractivity contribution in [2.75, 3.05) is 0 Å². The number of furan rings is 1. The Morgan fingerprint density at radius 1 is 0.315 bits per heavy atom. The zero-order valence-electron chi connectivity index (χ0n) is 29.4. The van der Waals surface area contributed by atoms with E-state index in [0.717, 1.165) is 44.3 Å². The molecule has 2 aromatic heterocycles. The minimum atomic E-state index is 0.892. The predicted octanol–water partition coefficient (Wildman–Crippen LogP) is 14.5. The van der Waals surface area contributed by atoms with Gasteiger partial charge in [0, 0.05) is 27.2 Å². The molecule has 0 saturated heterocycles. The van der Waals surface area contributed by atoms with Crippen LogP contribution in [0.3, 0.4) is 0 Å². The summed E-state index contributed by atoms with van der Waals surface area (Å²) in [5.74, 6) is 0.